The molecule has 2 aromatic carbocycles. The van der Waals surface area contributed by atoms with E-state index in [4.69, 9.17) is 0 Å². The molecule has 0 aliphatic heterocycles. The second-order valence-corrected chi connectivity index (χ2v) is 4.43. The van der Waals surface area contributed by atoms with Gasteiger partial charge in [-0.15, -0.1) is 0 Å². The summed E-state index contributed by atoms with van der Waals surface area (Å²) in [7, 11) is 0. The number of benzene rings is 2. The van der Waals surface area contributed by atoms with Gasteiger partial charge in [0.25, 0.3) is 0 Å². The van der Waals surface area contributed by atoms with Gasteiger partial charge in [-0.25, -0.2) is 4.98 Å². The van der Waals surface area contributed by atoms with E-state index in [1.807, 2.05) is 60.2 Å². The van der Waals surface area contributed by atoms with Gasteiger partial charge in [-0.1, -0.05) is 36.4 Å². The van der Waals surface area contributed by atoms with Crippen LogP contribution in [0.2, 0.25) is 0 Å². The summed E-state index contributed by atoms with van der Waals surface area (Å²) in [6.45, 7) is 2.74. The van der Waals surface area contributed by atoms with Gasteiger partial charge in [-0.05, 0) is 23.8 Å². The lowest BCUT2D eigenvalue weighted by molar-refractivity contribution is 0.102. The van der Waals surface area contributed by atoms with Crippen molar-refractivity contribution in [2.24, 2.45) is 0 Å². The minimum absolute atomic E-state index is 0.0300. The Labute approximate surface area is 111 Å². The van der Waals surface area contributed by atoms with Crippen LogP contribution in [0, 0.1) is 0 Å². The number of aryl methyl sites for hydroxylation is 1. The topological polar surface area (TPSA) is 34.9 Å². The summed E-state index contributed by atoms with van der Waals surface area (Å²) >= 11 is 0. The molecule has 0 saturated carbocycles. The van der Waals surface area contributed by atoms with E-state index >= 15 is 0 Å². The average molecular weight is 250 g/mol. The van der Waals surface area contributed by atoms with Crippen molar-refractivity contribution in [2.75, 3.05) is 0 Å². The third-order valence-corrected chi connectivity index (χ3v) is 3.27. The number of carbonyl (C=O) groups excluding carboxylic acids is 1. The number of fused-ring (bicyclic) bond motifs is 1. The maximum atomic E-state index is 12.4. The second kappa shape index (κ2) is 4.69. The quantitative estimate of drug-likeness (QED) is 0.668. The lowest BCUT2D eigenvalue weighted by atomic mass is 10.0. The first-order valence-electron chi connectivity index (χ1n) is 6.34. The Hall–Kier alpha value is -2.42. The number of nitrogens with zero attached hydrogens (tertiary/aromatic N) is 2. The molecule has 0 spiro atoms. The van der Waals surface area contributed by atoms with Gasteiger partial charge in [0.05, 0.1) is 0 Å². The first kappa shape index (κ1) is 11.7. The monoisotopic (exact) mass is 250 g/mol. The Morgan fingerprint density at radius 3 is 2.74 bits per heavy atom. The molecule has 0 bridgehead atoms. The number of hydrogen-bond acceptors (Lipinski definition) is 2. The molecule has 94 valence electrons. The number of imidazole rings is 1. The maximum absolute atomic E-state index is 12.4. The zero-order chi connectivity index (χ0) is 13.2. The van der Waals surface area contributed by atoms with E-state index in [0.717, 1.165) is 17.3 Å². The summed E-state index contributed by atoms with van der Waals surface area (Å²) in [6.07, 6.45) is 3.49. The molecule has 0 saturated heterocycles. The first-order valence-corrected chi connectivity index (χ1v) is 6.34. The zero-order valence-corrected chi connectivity index (χ0v) is 10.7. The van der Waals surface area contributed by atoms with Crippen LogP contribution in [0.25, 0.3) is 10.8 Å². The fraction of sp³-hybridized carbons (Fsp3) is 0.125. The molecule has 0 N–H and O–H groups in total. The Morgan fingerprint density at radius 2 is 1.95 bits per heavy atom. The lowest BCUT2D eigenvalue weighted by Gasteiger charge is -2.05. The van der Waals surface area contributed by atoms with Gasteiger partial charge in [0, 0.05) is 24.5 Å². The summed E-state index contributed by atoms with van der Waals surface area (Å²) in [5, 5.41) is 2.21. The molecule has 3 nitrogen and oxygen atoms in total. The predicted octanol–water partition coefficient (Wildman–Crippen LogP) is 3.29. The van der Waals surface area contributed by atoms with E-state index in [0.29, 0.717) is 11.4 Å². The van der Waals surface area contributed by atoms with Gasteiger partial charge in [0.15, 0.2) is 5.82 Å². The van der Waals surface area contributed by atoms with E-state index in [9.17, 15) is 4.79 Å². The van der Waals surface area contributed by atoms with Crippen molar-refractivity contribution in [1.29, 1.82) is 0 Å². The molecule has 0 amide bonds. The van der Waals surface area contributed by atoms with E-state index in [1.165, 1.54) is 0 Å². The summed E-state index contributed by atoms with van der Waals surface area (Å²) in [5.74, 6) is 0.468. The highest BCUT2D eigenvalue weighted by Crippen LogP contribution is 2.17. The molecule has 1 heterocycles. The predicted molar refractivity (Wildman–Crippen MR) is 75.3 cm³/mol. The zero-order valence-electron chi connectivity index (χ0n) is 10.7. The number of hydrogen-bond donors (Lipinski definition) is 0. The summed E-state index contributed by atoms with van der Waals surface area (Å²) in [5.41, 5.74) is 0.680. The molecule has 0 aliphatic carbocycles. The van der Waals surface area contributed by atoms with Gasteiger partial charge in [0.1, 0.15) is 0 Å². The molecule has 3 heteroatoms. The summed E-state index contributed by atoms with van der Waals surface area (Å²) < 4.78 is 1.86. The SMILES string of the molecule is CCn1ccnc1C(=O)c1ccc2ccccc2c1. The van der Waals surface area contributed by atoms with E-state index in [-0.39, 0.29) is 5.78 Å². The molecule has 19 heavy (non-hydrogen) atoms. The Bertz CT molecular complexity index is 743. The number of rotatable bonds is 3. The van der Waals surface area contributed by atoms with Crippen LogP contribution in [0.4, 0.5) is 0 Å². The fourth-order valence-electron chi connectivity index (χ4n) is 2.23. The third kappa shape index (κ3) is 2.03. The molecular formula is C16H14N2O. The minimum atomic E-state index is -0.0300. The molecule has 0 unspecified atom stereocenters. The van der Waals surface area contributed by atoms with E-state index in [2.05, 4.69) is 4.98 Å². The molecule has 1 aromatic heterocycles. The number of carbonyl (C=O) groups is 1. The summed E-state index contributed by atoms with van der Waals surface area (Å²) in [6, 6.07) is 13.8. The lowest BCUT2D eigenvalue weighted by Crippen LogP contribution is -2.10. The van der Waals surface area contributed by atoms with Crippen LogP contribution in [0.1, 0.15) is 23.1 Å². The van der Waals surface area contributed by atoms with Crippen LogP contribution < -0.4 is 0 Å². The highest BCUT2D eigenvalue weighted by atomic mass is 16.1. The largest absolute Gasteiger partial charge is 0.328 e. The van der Waals surface area contributed by atoms with Gasteiger partial charge in [-0.3, -0.25) is 4.79 Å². The molecule has 3 rings (SSSR count). The van der Waals surface area contributed by atoms with Crippen LogP contribution in [-0.4, -0.2) is 15.3 Å². The van der Waals surface area contributed by atoms with Gasteiger partial charge in [0.2, 0.25) is 5.78 Å². The van der Waals surface area contributed by atoms with E-state index < -0.39 is 0 Å². The summed E-state index contributed by atoms with van der Waals surface area (Å²) in [4.78, 5) is 16.6. The van der Waals surface area contributed by atoms with E-state index in [1.54, 1.807) is 6.20 Å². The van der Waals surface area contributed by atoms with Crippen LogP contribution in [-0.2, 0) is 6.54 Å². The first-order chi connectivity index (χ1) is 9.29. The Morgan fingerprint density at radius 1 is 1.16 bits per heavy atom. The van der Waals surface area contributed by atoms with Crippen LogP contribution in [0.15, 0.2) is 54.9 Å². The second-order valence-electron chi connectivity index (χ2n) is 4.43. The highest BCUT2D eigenvalue weighted by molar-refractivity contribution is 6.08. The van der Waals surface area contributed by atoms with Crippen molar-refractivity contribution in [2.45, 2.75) is 13.5 Å². The van der Waals surface area contributed by atoms with Crippen molar-refractivity contribution in [3.8, 4) is 0 Å². The Kier molecular flexibility index (Phi) is 2.88. The smallest absolute Gasteiger partial charge is 0.228 e. The van der Waals surface area contributed by atoms with Crippen molar-refractivity contribution >= 4 is 16.6 Å². The fourth-order valence-corrected chi connectivity index (χ4v) is 2.23. The maximum Gasteiger partial charge on any atom is 0.228 e. The third-order valence-electron chi connectivity index (χ3n) is 3.27. The normalized spacial score (nSPS) is 10.8. The van der Waals surface area contributed by atoms with Gasteiger partial charge in [-0.2, -0.15) is 0 Å². The molecule has 0 atom stereocenters. The average Bonchev–Trinajstić information content (AvgIpc) is 2.94. The molecule has 0 fully saturated rings. The molecule has 0 aliphatic rings. The van der Waals surface area contributed by atoms with Crippen molar-refractivity contribution in [3.05, 3.63) is 66.2 Å². The van der Waals surface area contributed by atoms with Crippen LogP contribution in [0.3, 0.4) is 0 Å². The van der Waals surface area contributed by atoms with Gasteiger partial charge < -0.3 is 4.57 Å². The van der Waals surface area contributed by atoms with Gasteiger partial charge >= 0.3 is 0 Å². The van der Waals surface area contributed by atoms with Crippen LogP contribution in [0.5, 0.6) is 0 Å². The Balaban J connectivity index is 2.06. The highest BCUT2D eigenvalue weighted by Gasteiger charge is 2.14. The standard InChI is InChI=1S/C16H14N2O/c1-2-18-10-9-17-16(18)15(19)14-8-7-12-5-3-4-6-13(12)11-14/h3-11H,2H2,1H3. The molecule has 0 radical (unpaired) electrons. The van der Waals surface area contributed by atoms with Crippen molar-refractivity contribution in [1.82, 2.24) is 9.55 Å². The van der Waals surface area contributed by atoms with Crippen molar-refractivity contribution < 1.29 is 4.79 Å². The minimum Gasteiger partial charge on any atom is -0.328 e. The molecular weight excluding hydrogens is 236 g/mol. The number of ketones is 1. The van der Waals surface area contributed by atoms with Crippen LogP contribution >= 0.6 is 0 Å². The number of aromatic nitrogens is 2. The van der Waals surface area contributed by atoms with Crippen molar-refractivity contribution in [3.63, 3.8) is 0 Å². The molecule has 3 aromatic rings.